The highest BCUT2D eigenvalue weighted by molar-refractivity contribution is 5.96. The third-order valence-electron chi connectivity index (χ3n) is 3.58. The summed E-state index contributed by atoms with van der Waals surface area (Å²) < 4.78 is 5.68. The smallest absolute Gasteiger partial charge is 0.231 e. The molecule has 0 aromatic heterocycles. The Hall–Kier alpha value is -1.55. The van der Waals surface area contributed by atoms with Crippen LogP contribution in [-0.2, 0) is 4.79 Å². The van der Waals surface area contributed by atoms with Crippen LogP contribution in [0.3, 0.4) is 0 Å². The zero-order valence-corrected chi connectivity index (χ0v) is 11.6. The molecule has 2 rings (SSSR count). The van der Waals surface area contributed by atoms with Gasteiger partial charge in [0, 0.05) is 13.1 Å². The average molecular weight is 262 g/mol. The minimum absolute atomic E-state index is 0.107. The van der Waals surface area contributed by atoms with Gasteiger partial charge in [0.05, 0.1) is 18.2 Å². The van der Waals surface area contributed by atoms with Crippen LogP contribution in [0.2, 0.25) is 0 Å². The van der Waals surface area contributed by atoms with E-state index in [-0.39, 0.29) is 17.7 Å². The zero-order chi connectivity index (χ0) is 13.8. The fourth-order valence-electron chi connectivity index (χ4n) is 2.41. The Morgan fingerprint density at radius 1 is 1.42 bits per heavy atom. The van der Waals surface area contributed by atoms with Gasteiger partial charge in [-0.25, -0.2) is 0 Å². The molecule has 0 aliphatic carbocycles. The highest BCUT2D eigenvalue weighted by Gasteiger charge is 2.29. The normalized spacial score (nSPS) is 16.5. The van der Waals surface area contributed by atoms with Crippen LogP contribution in [0.5, 0.6) is 5.75 Å². The van der Waals surface area contributed by atoms with Crippen LogP contribution in [0.1, 0.15) is 20.3 Å². The van der Waals surface area contributed by atoms with Gasteiger partial charge >= 0.3 is 0 Å². The number of hydrogen-bond acceptors (Lipinski definition) is 3. The van der Waals surface area contributed by atoms with Crippen molar-refractivity contribution < 1.29 is 9.53 Å². The summed E-state index contributed by atoms with van der Waals surface area (Å²) in [4.78, 5) is 14.5. The summed E-state index contributed by atoms with van der Waals surface area (Å²) in [5, 5.41) is 0. The van der Waals surface area contributed by atoms with Gasteiger partial charge in [0.15, 0.2) is 0 Å². The second kappa shape index (κ2) is 6.06. The van der Waals surface area contributed by atoms with Crippen molar-refractivity contribution in [2.75, 3.05) is 24.6 Å². The summed E-state index contributed by atoms with van der Waals surface area (Å²) in [6, 6.07) is 7.70. The van der Waals surface area contributed by atoms with Crippen LogP contribution in [0, 0.1) is 11.8 Å². The molecular weight excluding hydrogens is 240 g/mol. The number of para-hydroxylation sites is 2. The van der Waals surface area contributed by atoms with E-state index in [2.05, 4.69) is 0 Å². The number of ether oxygens (including phenoxy) is 1. The van der Waals surface area contributed by atoms with Gasteiger partial charge < -0.3 is 15.4 Å². The van der Waals surface area contributed by atoms with E-state index in [1.54, 1.807) is 0 Å². The van der Waals surface area contributed by atoms with Gasteiger partial charge in [-0.2, -0.15) is 0 Å². The third-order valence-corrected chi connectivity index (χ3v) is 3.58. The number of hydrogen-bond donors (Lipinski definition) is 1. The van der Waals surface area contributed by atoms with E-state index in [1.165, 1.54) is 0 Å². The van der Waals surface area contributed by atoms with Crippen molar-refractivity contribution in [1.29, 1.82) is 0 Å². The van der Waals surface area contributed by atoms with Crippen molar-refractivity contribution in [2.45, 2.75) is 20.3 Å². The summed E-state index contributed by atoms with van der Waals surface area (Å²) in [7, 11) is 0. The molecule has 4 nitrogen and oxygen atoms in total. The van der Waals surface area contributed by atoms with Crippen molar-refractivity contribution in [3.8, 4) is 5.75 Å². The van der Waals surface area contributed by atoms with Crippen LogP contribution in [-0.4, -0.2) is 25.6 Å². The van der Waals surface area contributed by atoms with Gasteiger partial charge in [0.2, 0.25) is 5.91 Å². The predicted octanol–water partition coefficient (Wildman–Crippen LogP) is 2.03. The molecule has 0 bridgehead atoms. The molecule has 0 saturated heterocycles. The molecule has 1 aromatic carbocycles. The van der Waals surface area contributed by atoms with Crippen molar-refractivity contribution in [2.24, 2.45) is 17.6 Å². The van der Waals surface area contributed by atoms with E-state index in [4.69, 9.17) is 10.5 Å². The number of nitrogens with two attached hydrogens (primary N) is 1. The fourth-order valence-corrected chi connectivity index (χ4v) is 2.41. The Morgan fingerprint density at radius 3 is 2.84 bits per heavy atom. The highest BCUT2D eigenvalue weighted by atomic mass is 16.5. The topological polar surface area (TPSA) is 55.6 Å². The van der Waals surface area contributed by atoms with Crippen LogP contribution in [0.25, 0.3) is 0 Å². The van der Waals surface area contributed by atoms with Gasteiger partial charge in [0.1, 0.15) is 5.75 Å². The molecule has 4 heteroatoms. The van der Waals surface area contributed by atoms with E-state index in [0.717, 1.165) is 17.9 Å². The maximum atomic E-state index is 12.7. The molecular formula is C15H22N2O2. The van der Waals surface area contributed by atoms with E-state index in [9.17, 15) is 4.79 Å². The number of amides is 1. The first kappa shape index (κ1) is 13.9. The average Bonchev–Trinajstić information content (AvgIpc) is 2.61. The monoisotopic (exact) mass is 262 g/mol. The van der Waals surface area contributed by atoms with Crippen LogP contribution in [0.4, 0.5) is 5.69 Å². The van der Waals surface area contributed by atoms with Crippen molar-refractivity contribution in [3.05, 3.63) is 24.3 Å². The molecule has 1 aromatic rings. The quantitative estimate of drug-likeness (QED) is 0.907. The number of fused-ring (bicyclic) bond motifs is 1. The number of carbonyl (C=O) groups excluding carboxylic acids is 1. The van der Waals surface area contributed by atoms with Crippen molar-refractivity contribution in [3.63, 3.8) is 0 Å². The van der Waals surface area contributed by atoms with E-state index >= 15 is 0 Å². The molecule has 0 spiro atoms. The Morgan fingerprint density at radius 2 is 2.16 bits per heavy atom. The van der Waals surface area contributed by atoms with Crippen LogP contribution >= 0.6 is 0 Å². The predicted molar refractivity (Wildman–Crippen MR) is 76.3 cm³/mol. The van der Waals surface area contributed by atoms with Gasteiger partial charge in [-0.15, -0.1) is 0 Å². The fraction of sp³-hybridized carbons (Fsp3) is 0.533. The molecule has 0 fully saturated rings. The second-order valence-electron chi connectivity index (χ2n) is 5.25. The first-order chi connectivity index (χ1) is 9.15. The molecule has 0 radical (unpaired) electrons. The molecule has 1 atom stereocenters. The minimum atomic E-state index is -0.133. The Labute approximate surface area is 114 Å². The van der Waals surface area contributed by atoms with E-state index in [0.29, 0.717) is 19.7 Å². The Balaban J connectivity index is 2.31. The number of rotatable bonds is 3. The molecule has 2 N–H and O–H groups in total. The highest BCUT2D eigenvalue weighted by Crippen LogP contribution is 2.32. The number of nitrogens with zero attached hydrogens (tertiary/aromatic N) is 1. The summed E-state index contributed by atoms with van der Waals surface area (Å²) in [5.41, 5.74) is 6.63. The van der Waals surface area contributed by atoms with E-state index < -0.39 is 0 Å². The standard InChI is InChI=1S/C15H22N2O2/c1-11(2)12(10-16)15(18)17-8-5-9-19-14-7-4-3-6-13(14)17/h3-4,6-7,11-12H,5,8-10,16H2,1-2H3. The lowest BCUT2D eigenvalue weighted by atomic mass is 9.94. The lowest BCUT2D eigenvalue weighted by Gasteiger charge is -2.28. The van der Waals surface area contributed by atoms with Crippen molar-refractivity contribution >= 4 is 11.6 Å². The number of benzene rings is 1. The lowest BCUT2D eigenvalue weighted by Crippen LogP contribution is -2.41. The van der Waals surface area contributed by atoms with Crippen LogP contribution < -0.4 is 15.4 Å². The summed E-state index contributed by atoms with van der Waals surface area (Å²) in [5.74, 6) is 1.00. The first-order valence-corrected chi connectivity index (χ1v) is 6.88. The summed E-state index contributed by atoms with van der Waals surface area (Å²) in [6.45, 7) is 5.80. The minimum Gasteiger partial charge on any atom is -0.491 e. The Bertz CT molecular complexity index is 446. The number of carbonyl (C=O) groups is 1. The molecule has 1 heterocycles. The molecule has 104 valence electrons. The van der Waals surface area contributed by atoms with Gasteiger partial charge in [-0.3, -0.25) is 4.79 Å². The molecule has 1 amide bonds. The van der Waals surface area contributed by atoms with Gasteiger partial charge in [-0.05, 0) is 24.5 Å². The number of anilines is 1. The van der Waals surface area contributed by atoms with Gasteiger partial charge in [-0.1, -0.05) is 26.0 Å². The molecule has 19 heavy (non-hydrogen) atoms. The Kier molecular flexibility index (Phi) is 4.43. The first-order valence-electron chi connectivity index (χ1n) is 6.88. The molecule has 1 aliphatic rings. The van der Waals surface area contributed by atoms with Crippen LogP contribution in [0.15, 0.2) is 24.3 Å². The van der Waals surface area contributed by atoms with Gasteiger partial charge in [0.25, 0.3) is 0 Å². The SMILES string of the molecule is CC(C)C(CN)C(=O)N1CCCOc2ccccc21. The maximum Gasteiger partial charge on any atom is 0.231 e. The zero-order valence-electron chi connectivity index (χ0n) is 11.6. The van der Waals surface area contributed by atoms with Crippen molar-refractivity contribution in [1.82, 2.24) is 0 Å². The summed E-state index contributed by atoms with van der Waals surface area (Å²) in [6.07, 6.45) is 0.843. The lowest BCUT2D eigenvalue weighted by molar-refractivity contribution is -0.123. The third kappa shape index (κ3) is 2.89. The van der Waals surface area contributed by atoms with E-state index in [1.807, 2.05) is 43.0 Å². The maximum absolute atomic E-state index is 12.7. The molecule has 1 unspecified atom stereocenters. The molecule has 0 saturated carbocycles. The second-order valence-corrected chi connectivity index (χ2v) is 5.25. The summed E-state index contributed by atoms with van der Waals surface area (Å²) >= 11 is 0. The molecule has 1 aliphatic heterocycles. The largest absolute Gasteiger partial charge is 0.491 e.